The largest absolute Gasteiger partial charge is 0.478 e. The third-order valence-electron chi connectivity index (χ3n) is 2.30. The molecule has 0 fully saturated rings. The van der Waals surface area contributed by atoms with Crippen molar-refractivity contribution in [1.29, 1.82) is 0 Å². The Morgan fingerprint density at radius 1 is 1.41 bits per heavy atom. The first kappa shape index (κ1) is 12.1. The fourth-order valence-corrected chi connectivity index (χ4v) is 2.15. The van der Waals surface area contributed by atoms with Gasteiger partial charge in [0.15, 0.2) is 0 Å². The summed E-state index contributed by atoms with van der Waals surface area (Å²) in [4.78, 5) is 11.0. The van der Waals surface area contributed by atoms with Crippen LogP contribution in [0.5, 0.6) is 0 Å². The van der Waals surface area contributed by atoms with Crippen molar-refractivity contribution in [3.63, 3.8) is 0 Å². The number of aromatic nitrogens is 2. The normalized spacial score (nSPS) is 10.5. The monoisotopic (exact) mass is 314 g/mol. The maximum atomic E-state index is 11.0. The Morgan fingerprint density at radius 3 is 2.59 bits per heavy atom. The average Bonchev–Trinajstić information content (AvgIpc) is 2.73. The smallest absolute Gasteiger partial charge is 0.339 e. The zero-order valence-electron chi connectivity index (χ0n) is 8.60. The van der Waals surface area contributed by atoms with Crippen LogP contribution in [0.1, 0.15) is 16.1 Å². The molecule has 0 saturated carbocycles. The number of carbonyl (C=O) groups is 1. The number of carboxylic acids is 1. The van der Waals surface area contributed by atoms with Crippen molar-refractivity contribution in [2.24, 2.45) is 0 Å². The number of aromatic carboxylic acids is 1. The van der Waals surface area contributed by atoms with E-state index in [1.807, 2.05) is 0 Å². The van der Waals surface area contributed by atoms with Gasteiger partial charge in [0.1, 0.15) is 5.56 Å². The molecule has 88 valence electrons. The van der Waals surface area contributed by atoms with E-state index in [-0.39, 0.29) is 5.56 Å². The summed E-state index contributed by atoms with van der Waals surface area (Å²) in [6.45, 7) is 0. The highest BCUT2D eigenvalue weighted by atomic mass is 79.9. The molecule has 0 unspecified atom stereocenters. The molecule has 17 heavy (non-hydrogen) atoms. The van der Waals surface area contributed by atoms with Crippen molar-refractivity contribution < 1.29 is 9.90 Å². The molecule has 0 radical (unpaired) electrons. The second-order valence-corrected chi connectivity index (χ2v) is 4.33. The van der Waals surface area contributed by atoms with E-state index >= 15 is 0 Å². The second kappa shape index (κ2) is 4.89. The fraction of sp³-hybridized carbons (Fsp3) is 0.0909. The maximum absolute atomic E-state index is 11.0. The Morgan fingerprint density at radius 2 is 2.06 bits per heavy atom. The number of halogens is 2. The lowest BCUT2D eigenvalue weighted by atomic mass is 10.2. The van der Waals surface area contributed by atoms with Crippen LogP contribution in [0.4, 0.5) is 0 Å². The number of nitrogens with zero attached hydrogens (tertiary/aromatic N) is 2. The van der Waals surface area contributed by atoms with Crippen molar-refractivity contribution in [2.45, 2.75) is 5.33 Å². The topological polar surface area (TPSA) is 55.1 Å². The number of hydrogen-bond donors (Lipinski definition) is 1. The molecule has 1 aromatic heterocycles. The molecule has 2 rings (SSSR count). The van der Waals surface area contributed by atoms with Crippen LogP contribution in [0.3, 0.4) is 0 Å². The molecule has 6 heteroatoms. The summed E-state index contributed by atoms with van der Waals surface area (Å²) in [5, 5.41) is 14.1. The molecule has 2 aromatic rings. The fourth-order valence-electron chi connectivity index (χ4n) is 1.49. The lowest BCUT2D eigenvalue weighted by Crippen LogP contribution is -2.04. The Kier molecular flexibility index (Phi) is 3.49. The van der Waals surface area contributed by atoms with Crippen molar-refractivity contribution in [3.8, 4) is 5.69 Å². The summed E-state index contributed by atoms with van der Waals surface area (Å²) in [6.07, 6.45) is 1.34. The predicted octanol–water partition coefficient (Wildman–Crippen LogP) is 3.12. The Balaban J connectivity index is 2.52. The van der Waals surface area contributed by atoms with E-state index in [2.05, 4.69) is 21.0 Å². The van der Waals surface area contributed by atoms with Gasteiger partial charge in [-0.1, -0.05) is 27.5 Å². The molecule has 4 nitrogen and oxygen atoms in total. The van der Waals surface area contributed by atoms with Gasteiger partial charge in [-0.05, 0) is 24.3 Å². The highest BCUT2D eigenvalue weighted by Gasteiger charge is 2.16. The van der Waals surface area contributed by atoms with E-state index in [1.165, 1.54) is 6.20 Å². The quantitative estimate of drug-likeness (QED) is 0.885. The lowest BCUT2D eigenvalue weighted by Gasteiger charge is -2.05. The SMILES string of the molecule is O=C(O)c1cnn(-c2ccc(Cl)cc2)c1CBr. The minimum Gasteiger partial charge on any atom is -0.478 e. The molecule has 1 aromatic carbocycles. The van der Waals surface area contributed by atoms with E-state index in [0.717, 1.165) is 5.69 Å². The molecule has 1 N–H and O–H groups in total. The first-order valence-corrected chi connectivity index (χ1v) is 6.25. The molecule has 0 aliphatic carbocycles. The van der Waals surface area contributed by atoms with Crippen LogP contribution in [0.2, 0.25) is 5.02 Å². The standard InChI is InChI=1S/C11H8BrClN2O2/c12-5-10-9(11(16)17)6-14-15(10)8-3-1-7(13)2-4-8/h1-4,6H,5H2,(H,16,17). The van der Waals surface area contributed by atoms with Crippen molar-refractivity contribution in [1.82, 2.24) is 9.78 Å². The third kappa shape index (κ3) is 2.35. The van der Waals surface area contributed by atoms with Crippen molar-refractivity contribution >= 4 is 33.5 Å². The molecular weight excluding hydrogens is 307 g/mol. The van der Waals surface area contributed by atoms with Gasteiger partial charge >= 0.3 is 5.97 Å². The number of benzene rings is 1. The van der Waals surface area contributed by atoms with E-state index in [9.17, 15) is 4.79 Å². The third-order valence-corrected chi connectivity index (χ3v) is 3.08. The summed E-state index contributed by atoms with van der Waals surface area (Å²) in [5.41, 5.74) is 1.56. The number of hydrogen-bond acceptors (Lipinski definition) is 2. The van der Waals surface area contributed by atoms with Gasteiger partial charge in [0.25, 0.3) is 0 Å². The van der Waals surface area contributed by atoms with Crippen molar-refractivity contribution in [3.05, 3.63) is 46.7 Å². The zero-order valence-corrected chi connectivity index (χ0v) is 10.9. The van der Waals surface area contributed by atoms with Crippen LogP contribution in [0.25, 0.3) is 5.69 Å². The van der Waals surface area contributed by atoms with Gasteiger partial charge in [0.2, 0.25) is 0 Å². The maximum Gasteiger partial charge on any atom is 0.339 e. The molecular formula is C11H8BrClN2O2. The molecule has 0 atom stereocenters. The predicted molar refractivity (Wildman–Crippen MR) is 68.2 cm³/mol. The highest BCUT2D eigenvalue weighted by Crippen LogP contribution is 2.19. The highest BCUT2D eigenvalue weighted by molar-refractivity contribution is 9.08. The summed E-state index contributed by atoms with van der Waals surface area (Å²) in [6, 6.07) is 7.04. The van der Waals surface area contributed by atoms with E-state index in [0.29, 0.717) is 16.0 Å². The molecule has 0 amide bonds. The second-order valence-electron chi connectivity index (χ2n) is 3.33. The molecule has 0 bridgehead atoms. The number of rotatable bonds is 3. The van der Waals surface area contributed by atoms with Crippen LogP contribution >= 0.6 is 27.5 Å². The average molecular weight is 316 g/mol. The van der Waals surface area contributed by atoms with Gasteiger partial charge in [-0.15, -0.1) is 0 Å². The lowest BCUT2D eigenvalue weighted by molar-refractivity contribution is 0.0696. The number of alkyl halides is 1. The minimum atomic E-state index is -0.986. The Labute approximate surface area is 111 Å². The van der Waals surface area contributed by atoms with E-state index < -0.39 is 5.97 Å². The first-order valence-electron chi connectivity index (χ1n) is 4.75. The zero-order chi connectivity index (χ0) is 12.4. The molecule has 0 aliphatic heterocycles. The van der Waals surface area contributed by atoms with E-state index in [4.69, 9.17) is 16.7 Å². The van der Waals surface area contributed by atoms with Crippen LogP contribution in [0, 0.1) is 0 Å². The molecule has 0 saturated heterocycles. The first-order chi connectivity index (χ1) is 8.13. The summed E-state index contributed by atoms with van der Waals surface area (Å²) >= 11 is 9.06. The van der Waals surface area contributed by atoms with Gasteiger partial charge in [-0.25, -0.2) is 9.48 Å². The Hall–Kier alpha value is -1.33. The van der Waals surface area contributed by atoms with Gasteiger partial charge in [0.05, 0.1) is 17.6 Å². The molecule has 0 spiro atoms. The van der Waals surface area contributed by atoms with Crippen LogP contribution in [-0.4, -0.2) is 20.9 Å². The molecule has 1 heterocycles. The summed E-state index contributed by atoms with van der Waals surface area (Å²) in [7, 11) is 0. The minimum absolute atomic E-state index is 0.192. The van der Waals surface area contributed by atoms with E-state index in [1.54, 1.807) is 28.9 Å². The van der Waals surface area contributed by atoms with Crippen LogP contribution in [0.15, 0.2) is 30.5 Å². The van der Waals surface area contributed by atoms with Crippen LogP contribution < -0.4 is 0 Å². The Bertz CT molecular complexity index is 551. The van der Waals surface area contributed by atoms with Gasteiger partial charge in [-0.2, -0.15) is 5.10 Å². The number of carboxylic acid groups (broad SMARTS) is 1. The van der Waals surface area contributed by atoms with Gasteiger partial charge in [-0.3, -0.25) is 0 Å². The molecule has 0 aliphatic rings. The summed E-state index contributed by atoms with van der Waals surface area (Å²) < 4.78 is 1.58. The van der Waals surface area contributed by atoms with Gasteiger partial charge in [0, 0.05) is 10.4 Å². The van der Waals surface area contributed by atoms with Crippen molar-refractivity contribution in [2.75, 3.05) is 0 Å². The van der Waals surface area contributed by atoms with Gasteiger partial charge < -0.3 is 5.11 Å². The van der Waals surface area contributed by atoms with Crippen LogP contribution in [-0.2, 0) is 5.33 Å². The summed E-state index contributed by atoms with van der Waals surface area (Å²) in [5.74, 6) is -0.986.